The molecule has 0 spiro atoms. The van der Waals surface area contributed by atoms with Gasteiger partial charge in [-0.3, -0.25) is 9.69 Å². The highest BCUT2D eigenvalue weighted by Crippen LogP contribution is 2.28. The van der Waals surface area contributed by atoms with Crippen molar-refractivity contribution in [1.29, 1.82) is 0 Å². The Hall–Kier alpha value is -0.370. The summed E-state index contributed by atoms with van der Waals surface area (Å²) in [7, 11) is -3.15. The molecule has 0 unspecified atom stereocenters. The monoisotopic (exact) mass is 368 g/mol. The van der Waals surface area contributed by atoms with Crippen LogP contribution >= 0.6 is 12.4 Å². The summed E-state index contributed by atoms with van der Waals surface area (Å²) in [5.41, 5.74) is 0. The smallest absolute Gasteiger partial charge is 0.317 e. The molecule has 1 saturated carbocycles. The van der Waals surface area contributed by atoms with Crippen LogP contribution in [0.1, 0.15) is 45.4 Å². The third-order valence-corrected chi connectivity index (χ3v) is 7.04. The molecule has 1 heterocycles. The molecule has 6 nitrogen and oxygen atoms in total. The van der Waals surface area contributed by atoms with Crippen LogP contribution < -0.4 is 0 Å². The van der Waals surface area contributed by atoms with E-state index in [4.69, 9.17) is 5.11 Å². The predicted molar refractivity (Wildman–Crippen MR) is 92.5 cm³/mol. The number of piperidine rings is 1. The number of carbonyl (C=O) groups is 1. The van der Waals surface area contributed by atoms with Gasteiger partial charge in [0.25, 0.3) is 0 Å². The molecule has 136 valence electrons. The Kier molecular flexibility index (Phi) is 8.27. The minimum absolute atomic E-state index is 0. The number of halogens is 1. The summed E-state index contributed by atoms with van der Waals surface area (Å²) in [5.74, 6) is -0.190. The van der Waals surface area contributed by atoms with Crippen molar-refractivity contribution in [3.05, 3.63) is 0 Å². The zero-order valence-electron chi connectivity index (χ0n) is 13.8. The number of rotatable bonds is 7. The van der Waals surface area contributed by atoms with Crippen molar-refractivity contribution < 1.29 is 18.3 Å². The molecule has 2 fully saturated rings. The number of likely N-dealkylation sites (N-methyl/N-ethyl adjacent to an activating group) is 1. The second-order valence-electron chi connectivity index (χ2n) is 6.52. The summed E-state index contributed by atoms with van der Waals surface area (Å²) in [5, 5.41) is 8.94. The van der Waals surface area contributed by atoms with E-state index in [1.807, 2.05) is 11.8 Å². The fraction of sp³-hybridized carbons (Fsp3) is 0.933. The predicted octanol–water partition coefficient (Wildman–Crippen LogP) is 1.80. The lowest BCUT2D eigenvalue weighted by Gasteiger charge is -2.37. The standard InChI is InChI=1S/C15H28N2O4S.ClH/c1-2-16(11-15(18)19)14-7-9-17(10-8-14)22(20,21)12-13-5-3-4-6-13;/h13-14H,2-12H2,1H3,(H,18,19);1H. The minimum Gasteiger partial charge on any atom is -0.480 e. The van der Waals surface area contributed by atoms with Gasteiger partial charge in [0.1, 0.15) is 0 Å². The topological polar surface area (TPSA) is 77.9 Å². The Balaban J connectivity index is 0.00000264. The molecule has 0 aromatic heterocycles. The highest BCUT2D eigenvalue weighted by atomic mass is 35.5. The molecule has 1 saturated heterocycles. The lowest BCUT2D eigenvalue weighted by molar-refractivity contribution is -0.139. The molecule has 0 atom stereocenters. The summed E-state index contributed by atoms with van der Waals surface area (Å²) in [4.78, 5) is 12.8. The van der Waals surface area contributed by atoms with E-state index in [0.717, 1.165) is 38.5 Å². The first-order valence-corrected chi connectivity index (χ1v) is 9.97. The van der Waals surface area contributed by atoms with Crippen molar-refractivity contribution in [1.82, 2.24) is 9.21 Å². The van der Waals surface area contributed by atoms with Gasteiger partial charge in [0.15, 0.2) is 0 Å². The number of nitrogens with zero attached hydrogens (tertiary/aromatic N) is 2. The second-order valence-corrected chi connectivity index (χ2v) is 8.53. The van der Waals surface area contributed by atoms with Gasteiger partial charge < -0.3 is 5.11 Å². The number of carboxylic acids is 1. The summed E-state index contributed by atoms with van der Waals surface area (Å²) in [6, 6.07) is 0.180. The van der Waals surface area contributed by atoms with Crippen LogP contribution in [-0.2, 0) is 14.8 Å². The number of sulfonamides is 1. The molecule has 1 aliphatic carbocycles. The van der Waals surface area contributed by atoms with Gasteiger partial charge in [-0.1, -0.05) is 19.8 Å². The van der Waals surface area contributed by atoms with Gasteiger partial charge >= 0.3 is 5.97 Å². The van der Waals surface area contributed by atoms with E-state index in [1.165, 1.54) is 0 Å². The molecule has 0 aromatic carbocycles. The van der Waals surface area contributed by atoms with Gasteiger partial charge in [-0.25, -0.2) is 12.7 Å². The Morgan fingerprint density at radius 1 is 1.17 bits per heavy atom. The van der Waals surface area contributed by atoms with Gasteiger partial charge in [0.05, 0.1) is 12.3 Å². The van der Waals surface area contributed by atoms with Crippen molar-refractivity contribution >= 4 is 28.4 Å². The highest BCUT2D eigenvalue weighted by Gasteiger charge is 2.32. The van der Waals surface area contributed by atoms with Crippen LogP contribution in [0.4, 0.5) is 0 Å². The lowest BCUT2D eigenvalue weighted by Crippen LogP contribution is -2.48. The molecule has 1 N–H and O–H groups in total. The average Bonchev–Trinajstić information content (AvgIpc) is 2.97. The van der Waals surface area contributed by atoms with Crippen LogP contribution in [0.5, 0.6) is 0 Å². The molecule has 0 amide bonds. The largest absolute Gasteiger partial charge is 0.480 e. The maximum absolute atomic E-state index is 12.5. The van der Waals surface area contributed by atoms with Crippen LogP contribution in [0.15, 0.2) is 0 Å². The molecule has 1 aliphatic heterocycles. The summed E-state index contributed by atoms with van der Waals surface area (Å²) >= 11 is 0. The van der Waals surface area contributed by atoms with Crippen LogP contribution in [-0.4, -0.2) is 66.7 Å². The van der Waals surface area contributed by atoms with Crippen LogP contribution in [0.3, 0.4) is 0 Å². The third-order valence-electron chi connectivity index (χ3n) is 5.00. The fourth-order valence-electron chi connectivity index (χ4n) is 3.74. The summed E-state index contributed by atoms with van der Waals surface area (Å²) in [6.45, 7) is 3.72. The molecule has 0 radical (unpaired) electrons. The second kappa shape index (κ2) is 9.20. The van der Waals surface area contributed by atoms with Crippen molar-refractivity contribution in [2.45, 2.75) is 51.5 Å². The first-order chi connectivity index (χ1) is 10.4. The summed E-state index contributed by atoms with van der Waals surface area (Å²) < 4.78 is 26.6. The van der Waals surface area contributed by atoms with Crippen molar-refractivity contribution in [3.63, 3.8) is 0 Å². The molecular formula is C15H29ClN2O4S. The zero-order valence-corrected chi connectivity index (χ0v) is 15.4. The Morgan fingerprint density at radius 2 is 1.74 bits per heavy atom. The number of hydrogen-bond acceptors (Lipinski definition) is 4. The minimum atomic E-state index is -3.15. The number of carboxylic acid groups (broad SMARTS) is 1. The van der Waals surface area contributed by atoms with E-state index >= 15 is 0 Å². The Bertz CT molecular complexity index is 472. The van der Waals surface area contributed by atoms with E-state index in [1.54, 1.807) is 4.31 Å². The van der Waals surface area contributed by atoms with Gasteiger partial charge in [-0.15, -0.1) is 12.4 Å². The van der Waals surface area contributed by atoms with E-state index in [9.17, 15) is 13.2 Å². The lowest BCUT2D eigenvalue weighted by atomic mass is 10.0. The van der Waals surface area contributed by atoms with E-state index in [0.29, 0.717) is 31.3 Å². The Labute approximate surface area is 145 Å². The van der Waals surface area contributed by atoms with E-state index in [-0.39, 0.29) is 25.0 Å². The third kappa shape index (κ3) is 5.89. The number of hydrogen-bond donors (Lipinski definition) is 1. The molecule has 0 bridgehead atoms. The van der Waals surface area contributed by atoms with Crippen LogP contribution in [0, 0.1) is 5.92 Å². The maximum atomic E-state index is 12.5. The zero-order chi connectivity index (χ0) is 16.2. The normalized spacial score (nSPS) is 21.5. The highest BCUT2D eigenvalue weighted by molar-refractivity contribution is 7.89. The van der Waals surface area contributed by atoms with Gasteiger partial charge in [0.2, 0.25) is 10.0 Å². The van der Waals surface area contributed by atoms with E-state index in [2.05, 4.69) is 0 Å². The Morgan fingerprint density at radius 3 is 2.22 bits per heavy atom. The SMILES string of the molecule is CCN(CC(=O)O)C1CCN(S(=O)(=O)CC2CCCC2)CC1.Cl. The van der Waals surface area contributed by atoms with Gasteiger partial charge in [0, 0.05) is 19.1 Å². The fourth-order valence-corrected chi connectivity index (χ4v) is 5.65. The molecule has 0 aromatic rings. The summed E-state index contributed by atoms with van der Waals surface area (Å²) in [6.07, 6.45) is 5.84. The van der Waals surface area contributed by atoms with Gasteiger partial charge in [-0.2, -0.15) is 0 Å². The van der Waals surface area contributed by atoms with E-state index < -0.39 is 16.0 Å². The molecule has 8 heteroatoms. The first kappa shape index (κ1) is 20.7. The van der Waals surface area contributed by atoms with Crippen molar-refractivity contribution in [2.75, 3.05) is 31.9 Å². The maximum Gasteiger partial charge on any atom is 0.317 e. The van der Waals surface area contributed by atoms with Crippen molar-refractivity contribution in [3.8, 4) is 0 Å². The van der Waals surface area contributed by atoms with Crippen LogP contribution in [0.2, 0.25) is 0 Å². The molecule has 23 heavy (non-hydrogen) atoms. The van der Waals surface area contributed by atoms with Gasteiger partial charge in [-0.05, 0) is 38.1 Å². The quantitative estimate of drug-likeness (QED) is 0.741. The average molecular weight is 369 g/mol. The molecule has 2 rings (SSSR count). The van der Waals surface area contributed by atoms with Crippen molar-refractivity contribution in [2.24, 2.45) is 5.92 Å². The first-order valence-electron chi connectivity index (χ1n) is 8.36. The molecular weight excluding hydrogens is 340 g/mol. The van der Waals surface area contributed by atoms with Crippen LogP contribution in [0.25, 0.3) is 0 Å². The molecule has 2 aliphatic rings. The number of aliphatic carboxylic acids is 1.